The van der Waals surface area contributed by atoms with Crippen LogP contribution in [0.5, 0.6) is 0 Å². The van der Waals surface area contributed by atoms with E-state index in [4.69, 9.17) is 4.42 Å². The highest BCUT2D eigenvalue weighted by atomic mass is 32.2. The van der Waals surface area contributed by atoms with Crippen LogP contribution in [0.4, 0.5) is 5.82 Å². The summed E-state index contributed by atoms with van der Waals surface area (Å²) < 4.78 is 28.6. The van der Waals surface area contributed by atoms with Gasteiger partial charge in [0.05, 0.1) is 10.5 Å². The van der Waals surface area contributed by atoms with Crippen LogP contribution >= 0.6 is 0 Å². The molecule has 0 unspecified atom stereocenters. The van der Waals surface area contributed by atoms with E-state index < -0.39 is 9.84 Å². The summed E-state index contributed by atoms with van der Waals surface area (Å²) in [4.78, 5) is 6.45. The average molecular weight is 344 g/mol. The molecule has 0 atom stereocenters. The molecule has 7 nitrogen and oxygen atoms in total. The largest absolute Gasteiger partial charge is 0.416 e. The second-order valence-corrected chi connectivity index (χ2v) is 7.52. The van der Waals surface area contributed by atoms with Gasteiger partial charge < -0.3 is 9.32 Å². The third kappa shape index (κ3) is 3.28. The molecule has 0 radical (unpaired) electrons. The molecular weight excluding hydrogens is 328 g/mol. The van der Waals surface area contributed by atoms with Crippen LogP contribution in [0.25, 0.3) is 22.9 Å². The quantitative estimate of drug-likeness (QED) is 0.717. The molecule has 0 aliphatic heterocycles. The van der Waals surface area contributed by atoms with Gasteiger partial charge in [-0.2, -0.15) is 0 Å². The Labute approximate surface area is 139 Å². The highest BCUT2D eigenvalue weighted by molar-refractivity contribution is 7.90. The fraction of sp³-hybridized carbons (Fsp3) is 0.188. The zero-order valence-corrected chi connectivity index (χ0v) is 14.3. The molecule has 0 spiro atoms. The average Bonchev–Trinajstić information content (AvgIpc) is 3.04. The molecule has 8 heteroatoms. The van der Waals surface area contributed by atoms with Crippen molar-refractivity contribution in [2.45, 2.75) is 4.90 Å². The fourth-order valence-electron chi connectivity index (χ4n) is 2.08. The number of rotatable bonds is 4. The van der Waals surface area contributed by atoms with Gasteiger partial charge in [-0.1, -0.05) is 0 Å². The highest BCUT2D eigenvalue weighted by Gasteiger charge is 2.13. The predicted octanol–water partition coefficient (Wildman–Crippen LogP) is 2.27. The van der Waals surface area contributed by atoms with Gasteiger partial charge in [-0.25, -0.2) is 13.4 Å². The summed E-state index contributed by atoms with van der Waals surface area (Å²) in [6, 6.07) is 10.0. The predicted molar refractivity (Wildman–Crippen MR) is 90.4 cm³/mol. The molecular formula is C16H16N4O3S. The first-order valence-electron chi connectivity index (χ1n) is 7.12. The molecule has 2 heterocycles. The Morgan fingerprint density at radius 2 is 1.50 bits per heavy atom. The summed E-state index contributed by atoms with van der Waals surface area (Å²) >= 11 is 0. The molecule has 0 fully saturated rings. The third-order valence-electron chi connectivity index (χ3n) is 3.41. The minimum atomic E-state index is -3.23. The lowest BCUT2D eigenvalue weighted by molar-refractivity contribution is 0.584. The topological polar surface area (TPSA) is 89.2 Å². The smallest absolute Gasteiger partial charge is 0.249 e. The highest BCUT2D eigenvalue weighted by Crippen LogP contribution is 2.25. The van der Waals surface area contributed by atoms with Crippen LogP contribution < -0.4 is 4.90 Å². The Hall–Kier alpha value is -2.74. The monoisotopic (exact) mass is 344 g/mol. The van der Waals surface area contributed by atoms with Gasteiger partial charge in [0.2, 0.25) is 11.8 Å². The Morgan fingerprint density at radius 3 is 2.00 bits per heavy atom. The number of hydrogen-bond donors (Lipinski definition) is 0. The third-order valence-corrected chi connectivity index (χ3v) is 4.54. The van der Waals surface area contributed by atoms with Crippen molar-refractivity contribution in [2.75, 3.05) is 25.3 Å². The van der Waals surface area contributed by atoms with E-state index in [1.807, 2.05) is 31.1 Å². The number of anilines is 1. The summed E-state index contributed by atoms with van der Waals surface area (Å²) in [7, 11) is 0.590. The van der Waals surface area contributed by atoms with Gasteiger partial charge >= 0.3 is 0 Å². The number of nitrogens with zero attached hydrogens (tertiary/aromatic N) is 4. The van der Waals surface area contributed by atoms with Crippen molar-refractivity contribution < 1.29 is 12.8 Å². The van der Waals surface area contributed by atoms with Crippen LogP contribution in [0.1, 0.15) is 0 Å². The summed E-state index contributed by atoms with van der Waals surface area (Å²) in [6.07, 6.45) is 2.83. The van der Waals surface area contributed by atoms with E-state index in [2.05, 4.69) is 15.2 Å². The standard InChI is InChI=1S/C16H16N4O3S/c1-20(2)14-9-6-12(10-17-14)16-19-18-15(23-16)11-4-7-13(8-5-11)24(3,21)22/h4-10H,1-3H3. The van der Waals surface area contributed by atoms with Crippen molar-refractivity contribution in [3.05, 3.63) is 42.6 Å². The van der Waals surface area contributed by atoms with Gasteiger partial charge in [0.15, 0.2) is 9.84 Å². The molecule has 3 aromatic rings. The normalized spacial score (nSPS) is 11.5. The number of aromatic nitrogens is 3. The van der Waals surface area contributed by atoms with E-state index in [-0.39, 0.29) is 4.90 Å². The molecule has 0 saturated carbocycles. The van der Waals surface area contributed by atoms with E-state index in [1.165, 1.54) is 12.1 Å². The van der Waals surface area contributed by atoms with Crippen LogP contribution in [-0.2, 0) is 9.84 Å². The number of benzene rings is 1. The van der Waals surface area contributed by atoms with Crippen molar-refractivity contribution in [3.8, 4) is 22.9 Å². The van der Waals surface area contributed by atoms with Crippen LogP contribution in [0.3, 0.4) is 0 Å². The second kappa shape index (κ2) is 6.04. The Morgan fingerprint density at radius 1 is 0.917 bits per heavy atom. The van der Waals surface area contributed by atoms with Crippen molar-refractivity contribution in [1.82, 2.24) is 15.2 Å². The van der Waals surface area contributed by atoms with E-state index in [0.717, 1.165) is 12.1 Å². The van der Waals surface area contributed by atoms with Crippen LogP contribution in [0.2, 0.25) is 0 Å². The number of sulfone groups is 1. The lowest BCUT2D eigenvalue weighted by Gasteiger charge is -2.10. The van der Waals surface area contributed by atoms with Gasteiger partial charge in [0, 0.05) is 32.1 Å². The minimum Gasteiger partial charge on any atom is -0.416 e. The van der Waals surface area contributed by atoms with Crippen molar-refractivity contribution >= 4 is 15.7 Å². The van der Waals surface area contributed by atoms with Crippen molar-refractivity contribution in [3.63, 3.8) is 0 Å². The van der Waals surface area contributed by atoms with Crippen molar-refractivity contribution in [2.24, 2.45) is 0 Å². The van der Waals surface area contributed by atoms with E-state index in [1.54, 1.807) is 18.3 Å². The molecule has 0 bridgehead atoms. The SMILES string of the molecule is CN(C)c1ccc(-c2nnc(-c3ccc(S(C)(=O)=O)cc3)o2)cn1. The first-order chi connectivity index (χ1) is 11.3. The first kappa shape index (κ1) is 16.1. The maximum atomic E-state index is 11.5. The zero-order chi connectivity index (χ0) is 17.3. The molecule has 3 rings (SSSR count). The van der Waals surface area contributed by atoms with Crippen molar-refractivity contribution in [1.29, 1.82) is 0 Å². The summed E-state index contributed by atoms with van der Waals surface area (Å²) in [6.45, 7) is 0. The lowest BCUT2D eigenvalue weighted by atomic mass is 10.2. The molecule has 2 aromatic heterocycles. The Bertz CT molecular complexity index is 946. The molecule has 1 aromatic carbocycles. The lowest BCUT2D eigenvalue weighted by Crippen LogP contribution is -2.09. The molecule has 0 saturated heterocycles. The number of hydrogen-bond acceptors (Lipinski definition) is 7. The zero-order valence-electron chi connectivity index (χ0n) is 13.5. The molecule has 0 aliphatic rings. The summed E-state index contributed by atoms with van der Waals surface area (Å²) in [5.41, 5.74) is 1.37. The maximum absolute atomic E-state index is 11.5. The summed E-state index contributed by atoms with van der Waals surface area (Å²) in [5, 5.41) is 8.03. The second-order valence-electron chi connectivity index (χ2n) is 5.51. The van der Waals surface area contributed by atoms with E-state index >= 15 is 0 Å². The molecule has 0 N–H and O–H groups in total. The maximum Gasteiger partial charge on any atom is 0.249 e. The molecule has 124 valence electrons. The molecule has 0 aliphatic carbocycles. The van der Waals surface area contributed by atoms with Crippen LogP contribution in [-0.4, -0.2) is 44.0 Å². The van der Waals surface area contributed by atoms with Gasteiger partial charge in [-0.15, -0.1) is 10.2 Å². The van der Waals surface area contributed by atoms with Crippen LogP contribution in [0, 0.1) is 0 Å². The molecule has 24 heavy (non-hydrogen) atoms. The van der Waals surface area contributed by atoms with E-state index in [0.29, 0.717) is 22.9 Å². The van der Waals surface area contributed by atoms with Crippen LogP contribution in [0.15, 0.2) is 51.9 Å². The van der Waals surface area contributed by atoms with Gasteiger partial charge in [0.1, 0.15) is 5.82 Å². The van der Waals surface area contributed by atoms with Gasteiger partial charge in [-0.3, -0.25) is 0 Å². The van der Waals surface area contributed by atoms with Gasteiger partial charge in [-0.05, 0) is 36.4 Å². The first-order valence-corrected chi connectivity index (χ1v) is 9.01. The minimum absolute atomic E-state index is 0.245. The Balaban J connectivity index is 1.87. The Kier molecular flexibility index (Phi) is 4.06. The fourth-order valence-corrected chi connectivity index (χ4v) is 2.71. The van der Waals surface area contributed by atoms with Gasteiger partial charge in [0.25, 0.3) is 0 Å². The number of pyridine rings is 1. The van der Waals surface area contributed by atoms with E-state index in [9.17, 15) is 8.42 Å². The molecule has 0 amide bonds. The summed E-state index contributed by atoms with van der Waals surface area (Å²) in [5.74, 6) is 1.51.